The number of benzene rings is 3. The van der Waals surface area contributed by atoms with Crippen molar-refractivity contribution in [2.75, 3.05) is 19.6 Å². The Morgan fingerprint density at radius 2 is 1.22 bits per heavy atom. The average Bonchev–Trinajstić information content (AvgIpc) is 3.19. The van der Waals surface area contributed by atoms with Gasteiger partial charge in [-0.1, -0.05) is 99.1 Å². The van der Waals surface area contributed by atoms with Crippen LogP contribution in [-0.4, -0.2) is 52.5 Å². The fourth-order valence-corrected chi connectivity index (χ4v) is 6.12. The molecular formula is C39H45NO5. The Labute approximate surface area is 267 Å². The number of likely N-dealkylation sites (tertiary alicyclic amines) is 1. The second-order valence-corrected chi connectivity index (χ2v) is 12.9. The van der Waals surface area contributed by atoms with Gasteiger partial charge in [-0.15, -0.1) is 0 Å². The molecule has 0 saturated carbocycles. The number of ketones is 1. The SMILES string of the molecule is CC(C)(C)c1ccc(C(=O)CCCCN2CCC(=C3c4ccccc4CCc4ccccc43)CC2)cc1.O=C(O)C=CC(=O)O. The summed E-state index contributed by atoms with van der Waals surface area (Å²) in [6.45, 7) is 9.94. The predicted octanol–water partition coefficient (Wildman–Crippen LogP) is 7.75. The first-order valence-electron chi connectivity index (χ1n) is 15.9. The van der Waals surface area contributed by atoms with Crippen LogP contribution in [0.25, 0.3) is 5.57 Å². The van der Waals surface area contributed by atoms with Gasteiger partial charge < -0.3 is 15.1 Å². The summed E-state index contributed by atoms with van der Waals surface area (Å²) >= 11 is 0. The van der Waals surface area contributed by atoms with E-state index in [1.165, 1.54) is 33.4 Å². The van der Waals surface area contributed by atoms with Crippen LogP contribution >= 0.6 is 0 Å². The first-order chi connectivity index (χ1) is 21.5. The molecule has 3 aromatic rings. The van der Waals surface area contributed by atoms with Gasteiger partial charge >= 0.3 is 11.9 Å². The molecule has 236 valence electrons. The van der Waals surface area contributed by atoms with Gasteiger partial charge in [-0.05, 0) is 83.9 Å². The molecule has 45 heavy (non-hydrogen) atoms. The highest BCUT2D eigenvalue weighted by atomic mass is 16.4. The van der Waals surface area contributed by atoms with Crippen LogP contribution in [0.5, 0.6) is 0 Å². The molecule has 0 atom stereocenters. The fourth-order valence-electron chi connectivity index (χ4n) is 6.12. The summed E-state index contributed by atoms with van der Waals surface area (Å²) in [5.41, 5.74) is 11.2. The van der Waals surface area contributed by atoms with Gasteiger partial charge in [0.15, 0.2) is 5.78 Å². The Bertz CT molecular complexity index is 1480. The smallest absolute Gasteiger partial charge is 0.328 e. The zero-order valence-corrected chi connectivity index (χ0v) is 26.7. The van der Waals surface area contributed by atoms with Crippen molar-refractivity contribution in [3.05, 3.63) is 124 Å². The van der Waals surface area contributed by atoms with Crippen LogP contribution in [0.1, 0.15) is 91.1 Å². The Kier molecular flexibility index (Phi) is 11.7. The number of carbonyl (C=O) groups is 3. The number of carboxylic acid groups (broad SMARTS) is 2. The van der Waals surface area contributed by atoms with Gasteiger partial charge in [0.2, 0.25) is 0 Å². The normalized spacial score (nSPS) is 15.0. The lowest BCUT2D eigenvalue weighted by Crippen LogP contribution is -2.32. The standard InChI is InChI=1S/C35H41NO.C4H4O4/c1-35(2,3)30-19-17-28(18-20-30)33(37)14-8-9-23-36-24-21-29(22-25-36)34-31-12-6-4-10-26(31)15-16-27-11-5-7-13-32(27)34;5-3(6)1-2-4(7)8/h4-7,10-13,17-20H,8-9,14-16,21-25H2,1-3H3;1-2H,(H,5,6)(H,7,8). The zero-order valence-electron chi connectivity index (χ0n) is 26.7. The third-order valence-corrected chi connectivity index (χ3v) is 8.62. The summed E-state index contributed by atoms with van der Waals surface area (Å²) in [5, 5.41) is 15.6. The molecule has 2 N–H and O–H groups in total. The molecule has 0 unspecified atom stereocenters. The molecular weight excluding hydrogens is 562 g/mol. The van der Waals surface area contributed by atoms with Crippen molar-refractivity contribution in [3.8, 4) is 0 Å². The zero-order chi connectivity index (χ0) is 32.4. The van der Waals surface area contributed by atoms with Crippen LogP contribution < -0.4 is 0 Å². The molecule has 3 aromatic carbocycles. The summed E-state index contributed by atoms with van der Waals surface area (Å²) in [4.78, 5) is 34.4. The number of hydrogen-bond donors (Lipinski definition) is 2. The number of rotatable bonds is 8. The second kappa shape index (κ2) is 15.6. The van der Waals surface area contributed by atoms with E-state index in [1.807, 2.05) is 12.1 Å². The third kappa shape index (κ3) is 9.60. The molecule has 0 spiro atoms. The fraction of sp³-hybridized carbons (Fsp3) is 0.359. The van der Waals surface area contributed by atoms with Crippen molar-refractivity contribution in [1.82, 2.24) is 4.90 Å². The largest absolute Gasteiger partial charge is 0.478 e. The molecule has 1 aliphatic heterocycles. The summed E-state index contributed by atoms with van der Waals surface area (Å²) in [6.07, 6.45) is 8.32. The molecule has 1 fully saturated rings. The van der Waals surface area contributed by atoms with Gasteiger partial charge in [0.05, 0.1) is 0 Å². The Morgan fingerprint density at radius 1 is 0.711 bits per heavy atom. The van der Waals surface area contributed by atoms with E-state index in [0.29, 0.717) is 18.6 Å². The number of nitrogens with zero attached hydrogens (tertiary/aromatic N) is 1. The van der Waals surface area contributed by atoms with E-state index in [9.17, 15) is 14.4 Å². The number of unbranched alkanes of at least 4 members (excludes halogenated alkanes) is 1. The van der Waals surface area contributed by atoms with Crippen LogP contribution in [0.15, 0.2) is 90.5 Å². The maximum atomic E-state index is 12.7. The van der Waals surface area contributed by atoms with Crippen LogP contribution in [0.3, 0.4) is 0 Å². The maximum Gasteiger partial charge on any atom is 0.328 e. The van der Waals surface area contributed by atoms with Crippen LogP contribution in [0.4, 0.5) is 0 Å². The Balaban J connectivity index is 0.000000510. The third-order valence-electron chi connectivity index (χ3n) is 8.62. The topological polar surface area (TPSA) is 94.9 Å². The summed E-state index contributed by atoms with van der Waals surface area (Å²) in [6, 6.07) is 26.3. The van der Waals surface area contributed by atoms with E-state index in [-0.39, 0.29) is 11.2 Å². The molecule has 1 aliphatic carbocycles. The minimum absolute atomic E-state index is 0.120. The quantitative estimate of drug-likeness (QED) is 0.155. The van der Waals surface area contributed by atoms with E-state index in [4.69, 9.17) is 10.2 Å². The van der Waals surface area contributed by atoms with E-state index >= 15 is 0 Å². The number of piperidine rings is 1. The highest BCUT2D eigenvalue weighted by molar-refractivity contribution is 5.96. The molecule has 5 rings (SSSR count). The Morgan fingerprint density at radius 3 is 1.71 bits per heavy atom. The lowest BCUT2D eigenvalue weighted by Gasteiger charge is -2.30. The summed E-state index contributed by atoms with van der Waals surface area (Å²) in [7, 11) is 0. The van der Waals surface area contributed by atoms with Gasteiger partial charge in [0.25, 0.3) is 0 Å². The monoisotopic (exact) mass is 607 g/mol. The molecule has 0 radical (unpaired) electrons. The molecule has 6 nitrogen and oxygen atoms in total. The van der Waals surface area contributed by atoms with Gasteiger partial charge in [0, 0.05) is 37.2 Å². The molecule has 1 heterocycles. The number of hydrogen-bond acceptors (Lipinski definition) is 4. The molecule has 6 heteroatoms. The van der Waals surface area contributed by atoms with Crippen LogP contribution in [0, 0.1) is 0 Å². The number of aryl methyl sites for hydroxylation is 2. The summed E-state index contributed by atoms with van der Waals surface area (Å²) in [5.74, 6) is -2.24. The molecule has 0 aromatic heterocycles. The van der Waals surface area contributed by atoms with Crippen molar-refractivity contribution in [2.45, 2.75) is 71.1 Å². The average molecular weight is 608 g/mol. The highest BCUT2D eigenvalue weighted by Crippen LogP contribution is 2.38. The minimum Gasteiger partial charge on any atom is -0.478 e. The number of carboxylic acids is 2. The minimum atomic E-state index is -1.26. The lowest BCUT2D eigenvalue weighted by molar-refractivity contribution is -0.134. The lowest BCUT2D eigenvalue weighted by atomic mass is 9.86. The first-order valence-corrected chi connectivity index (χ1v) is 15.9. The van der Waals surface area contributed by atoms with Crippen molar-refractivity contribution in [3.63, 3.8) is 0 Å². The number of fused-ring (bicyclic) bond motifs is 2. The summed E-state index contributed by atoms with van der Waals surface area (Å²) < 4.78 is 0. The van der Waals surface area contributed by atoms with E-state index in [0.717, 1.165) is 63.7 Å². The van der Waals surface area contributed by atoms with Crippen molar-refractivity contribution < 1.29 is 24.6 Å². The van der Waals surface area contributed by atoms with Gasteiger partial charge in [-0.2, -0.15) is 0 Å². The van der Waals surface area contributed by atoms with Gasteiger partial charge in [-0.25, -0.2) is 9.59 Å². The van der Waals surface area contributed by atoms with Crippen LogP contribution in [0.2, 0.25) is 0 Å². The van der Waals surface area contributed by atoms with Crippen LogP contribution in [-0.2, 0) is 27.8 Å². The molecule has 0 amide bonds. The van der Waals surface area contributed by atoms with Crippen molar-refractivity contribution >= 4 is 23.3 Å². The Hall–Kier alpha value is -4.29. The van der Waals surface area contributed by atoms with Gasteiger partial charge in [-0.3, -0.25) is 4.79 Å². The highest BCUT2D eigenvalue weighted by Gasteiger charge is 2.23. The maximum absolute atomic E-state index is 12.7. The van der Waals surface area contributed by atoms with Crippen molar-refractivity contribution in [2.24, 2.45) is 0 Å². The van der Waals surface area contributed by atoms with Crippen molar-refractivity contribution in [1.29, 1.82) is 0 Å². The van der Waals surface area contributed by atoms with E-state index < -0.39 is 11.9 Å². The number of Topliss-reactive ketones (excluding diaryl/α,β-unsaturated/α-hetero) is 1. The molecule has 2 aliphatic rings. The number of aliphatic carboxylic acids is 2. The molecule has 0 bridgehead atoms. The van der Waals surface area contributed by atoms with E-state index in [2.05, 4.69) is 86.3 Å². The molecule has 1 saturated heterocycles. The van der Waals surface area contributed by atoms with E-state index in [1.54, 1.807) is 5.57 Å². The number of carbonyl (C=O) groups excluding carboxylic acids is 1. The second-order valence-electron chi connectivity index (χ2n) is 12.9. The predicted molar refractivity (Wildman–Crippen MR) is 180 cm³/mol. The van der Waals surface area contributed by atoms with Gasteiger partial charge in [0.1, 0.15) is 0 Å². The first kappa shape index (κ1) is 33.6.